The fourth-order valence-electron chi connectivity index (χ4n) is 1.72. The smallest absolute Gasteiger partial charge is 0.244 e. The standard InChI is InChI=1S/C14H14Cl2N4O/c1-9-10(8-18-20(9)2)7-17-19-14(21)6-11-12(15)4-3-5-13(11)16/h3-5,7-8H,6H2,1-2H3,(H,19,21)/b17-7-. The molecule has 1 heterocycles. The molecule has 0 fully saturated rings. The van der Waals surface area contributed by atoms with Crippen molar-refractivity contribution >= 4 is 35.3 Å². The number of nitrogens with zero attached hydrogens (tertiary/aromatic N) is 3. The minimum absolute atomic E-state index is 0.0713. The molecule has 1 aromatic heterocycles. The molecule has 0 atom stereocenters. The summed E-state index contributed by atoms with van der Waals surface area (Å²) < 4.78 is 1.73. The van der Waals surface area contributed by atoms with E-state index in [4.69, 9.17) is 23.2 Å². The monoisotopic (exact) mass is 324 g/mol. The van der Waals surface area contributed by atoms with Gasteiger partial charge in [-0.15, -0.1) is 0 Å². The van der Waals surface area contributed by atoms with Gasteiger partial charge in [-0.1, -0.05) is 29.3 Å². The van der Waals surface area contributed by atoms with E-state index in [0.29, 0.717) is 15.6 Å². The zero-order valence-corrected chi connectivity index (χ0v) is 13.1. The molecule has 0 radical (unpaired) electrons. The predicted molar refractivity (Wildman–Crippen MR) is 83.8 cm³/mol. The molecule has 0 aliphatic rings. The molecule has 0 bridgehead atoms. The molecular weight excluding hydrogens is 311 g/mol. The number of hydrazone groups is 1. The average molecular weight is 325 g/mol. The second-order valence-corrected chi connectivity index (χ2v) is 5.29. The third-order valence-corrected chi connectivity index (χ3v) is 3.77. The minimum Gasteiger partial charge on any atom is -0.273 e. The number of hydrogen-bond acceptors (Lipinski definition) is 3. The van der Waals surface area contributed by atoms with Crippen molar-refractivity contribution in [1.82, 2.24) is 15.2 Å². The molecule has 1 amide bonds. The van der Waals surface area contributed by atoms with Crippen molar-refractivity contribution in [3.05, 3.63) is 51.3 Å². The first kappa shape index (κ1) is 15.5. The van der Waals surface area contributed by atoms with Gasteiger partial charge in [0.1, 0.15) is 0 Å². The lowest BCUT2D eigenvalue weighted by Crippen LogP contribution is -2.20. The number of halogens is 2. The van der Waals surface area contributed by atoms with Gasteiger partial charge in [-0.25, -0.2) is 5.43 Å². The van der Waals surface area contributed by atoms with Gasteiger partial charge in [0.25, 0.3) is 0 Å². The van der Waals surface area contributed by atoms with Gasteiger partial charge >= 0.3 is 0 Å². The molecule has 0 aliphatic carbocycles. The van der Waals surface area contributed by atoms with Gasteiger partial charge in [0, 0.05) is 28.4 Å². The Labute approximate surface area is 132 Å². The van der Waals surface area contributed by atoms with E-state index in [-0.39, 0.29) is 12.3 Å². The van der Waals surface area contributed by atoms with Gasteiger partial charge in [0.15, 0.2) is 0 Å². The molecule has 0 saturated carbocycles. The van der Waals surface area contributed by atoms with E-state index >= 15 is 0 Å². The number of amides is 1. The highest BCUT2D eigenvalue weighted by Gasteiger charge is 2.10. The summed E-state index contributed by atoms with van der Waals surface area (Å²) in [6, 6.07) is 5.12. The lowest BCUT2D eigenvalue weighted by atomic mass is 10.1. The predicted octanol–water partition coefficient (Wildman–Crippen LogP) is 2.73. The number of rotatable bonds is 4. The summed E-state index contributed by atoms with van der Waals surface area (Å²) >= 11 is 12.0. The molecule has 2 rings (SSSR count). The second kappa shape index (κ2) is 6.74. The van der Waals surface area contributed by atoms with Crippen LogP contribution in [-0.4, -0.2) is 21.9 Å². The lowest BCUT2D eigenvalue weighted by molar-refractivity contribution is -0.120. The number of benzene rings is 1. The summed E-state index contributed by atoms with van der Waals surface area (Å²) in [6.45, 7) is 1.92. The molecule has 0 unspecified atom stereocenters. The summed E-state index contributed by atoms with van der Waals surface area (Å²) in [5, 5.41) is 8.92. The molecule has 110 valence electrons. The average Bonchev–Trinajstić information content (AvgIpc) is 2.75. The molecule has 0 aliphatic heterocycles. The molecule has 7 heteroatoms. The third kappa shape index (κ3) is 3.83. The zero-order valence-electron chi connectivity index (χ0n) is 11.6. The highest BCUT2D eigenvalue weighted by Crippen LogP contribution is 2.24. The van der Waals surface area contributed by atoms with E-state index in [1.165, 1.54) is 0 Å². The number of nitrogens with one attached hydrogen (secondary N) is 1. The summed E-state index contributed by atoms with van der Waals surface area (Å²) in [5.41, 5.74) is 4.84. The Balaban J connectivity index is 1.98. The summed E-state index contributed by atoms with van der Waals surface area (Å²) in [6.07, 6.45) is 3.30. The van der Waals surface area contributed by atoms with E-state index in [1.54, 1.807) is 35.3 Å². The maximum absolute atomic E-state index is 11.8. The van der Waals surface area contributed by atoms with Crippen LogP contribution in [0.5, 0.6) is 0 Å². The van der Waals surface area contributed by atoms with Crippen LogP contribution in [-0.2, 0) is 18.3 Å². The van der Waals surface area contributed by atoms with Crippen LogP contribution >= 0.6 is 23.2 Å². The zero-order chi connectivity index (χ0) is 15.4. The number of hydrogen-bond donors (Lipinski definition) is 1. The largest absolute Gasteiger partial charge is 0.273 e. The van der Waals surface area contributed by atoms with Crippen molar-refractivity contribution in [3.63, 3.8) is 0 Å². The van der Waals surface area contributed by atoms with Crippen molar-refractivity contribution < 1.29 is 4.79 Å². The van der Waals surface area contributed by atoms with Crippen LogP contribution < -0.4 is 5.43 Å². The molecule has 0 saturated heterocycles. The SMILES string of the molecule is Cc1c(/C=N\NC(=O)Cc2c(Cl)cccc2Cl)cnn1C. The Hall–Kier alpha value is -1.85. The van der Waals surface area contributed by atoms with Crippen molar-refractivity contribution in [2.45, 2.75) is 13.3 Å². The number of carbonyl (C=O) groups excluding carboxylic acids is 1. The Morgan fingerprint density at radius 3 is 2.67 bits per heavy atom. The van der Waals surface area contributed by atoms with Crippen LogP contribution in [0.4, 0.5) is 0 Å². The molecular formula is C14H14Cl2N4O. The van der Waals surface area contributed by atoms with E-state index in [2.05, 4.69) is 15.6 Å². The maximum atomic E-state index is 11.8. The quantitative estimate of drug-likeness (QED) is 0.694. The fraction of sp³-hybridized carbons (Fsp3) is 0.214. The van der Waals surface area contributed by atoms with Crippen molar-refractivity contribution in [2.75, 3.05) is 0 Å². The molecule has 21 heavy (non-hydrogen) atoms. The van der Waals surface area contributed by atoms with E-state index < -0.39 is 0 Å². The first-order valence-electron chi connectivity index (χ1n) is 6.22. The molecule has 1 aromatic carbocycles. The summed E-state index contributed by atoms with van der Waals surface area (Å²) in [7, 11) is 1.84. The van der Waals surface area contributed by atoms with Crippen molar-refractivity contribution in [2.24, 2.45) is 12.1 Å². The first-order chi connectivity index (χ1) is 9.99. The maximum Gasteiger partial charge on any atom is 0.244 e. The minimum atomic E-state index is -0.289. The third-order valence-electron chi connectivity index (χ3n) is 3.07. The van der Waals surface area contributed by atoms with E-state index in [9.17, 15) is 4.79 Å². The summed E-state index contributed by atoms with van der Waals surface area (Å²) in [5.74, 6) is -0.289. The van der Waals surface area contributed by atoms with Gasteiger partial charge in [-0.05, 0) is 24.6 Å². The Bertz CT molecular complexity index is 674. The number of aryl methyl sites for hydroxylation is 1. The number of carbonyl (C=O) groups is 1. The van der Waals surface area contributed by atoms with Gasteiger partial charge in [-0.3, -0.25) is 9.48 Å². The van der Waals surface area contributed by atoms with Gasteiger partial charge in [0.2, 0.25) is 5.91 Å². The van der Waals surface area contributed by atoms with Crippen molar-refractivity contribution in [3.8, 4) is 0 Å². The van der Waals surface area contributed by atoms with Crippen LogP contribution in [0.25, 0.3) is 0 Å². The van der Waals surface area contributed by atoms with E-state index in [1.807, 2.05) is 14.0 Å². The fourth-order valence-corrected chi connectivity index (χ4v) is 2.25. The van der Waals surface area contributed by atoms with Crippen LogP contribution in [0.1, 0.15) is 16.8 Å². The lowest BCUT2D eigenvalue weighted by Gasteiger charge is -2.05. The first-order valence-corrected chi connectivity index (χ1v) is 6.98. The Kier molecular flexibility index (Phi) is 4.98. The summed E-state index contributed by atoms with van der Waals surface area (Å²) in [4.78, 5) is 11.8. The molecule has 2 aromatic rings. The highest BCUT2D eigenvalue weighted by atomic mass is 35.5. The van der Waals surface area contributed by atoms with Gasteiger partial charge < -0.3 is 0 Å². The van der Waals surface area contributed by atoms with Crippen molar-refractivity contribution in [1.29, 1.82) is 0 Å². The normalized spacial score (nSPS) is 11.0. The van der Waals surface area contributed by atoms with Gasteiger partial charge in [0.05, 0.1) is 18.8 Å². The Morgan fingerprint density at radius 1 is 1.43 bits per heavy atom. The number of aromatic nitrogens is 2. The highest BCUT2D eigenvalue weighted by molar-refractivity contribution is 6.36. The topological polar surface area (TPSA) is 59.3 Å². The van der Waals surface area contributed by atoms with Crippen LogP contribution in [0, 0.1) is 6.92 Å². The second-order valence-electron chi connectivity index (χ2n) is 4.48. The molecule has 0 spiro atoms. The Morgan fingerprint density at radius 2 is 2.10 bits per heavy atom. The van der Waals surface area contributed by atoms with E-state index in [0.717, 1.165) is 11.3 Å². The van der Waals surface area contributed by atoms with Crippen LogP contribution in [0.3, 0.4) is 0 Å². The van der Waals surface area contributed by atoms with Crippen LogP contribution in [0.15, 0.2) is 29.5 Å². The molecule has 1 N–H and O–H groups in total. The van der Waals surface area contributed by atoms with Crippen LogP contribution in [0.2, 0.25) is 10.0 Å². The van der Waals surface area contributed by atoms with Gasteiger partial charge in [-0.2, -0.15) is 10.2 Å². The molecule has 5 nitrogen and oxygen atoms in total.